The minimum atomic E-state index is 0.195. The summed E-state index contributed by atoms with van der Waals surface area (Å²) in [6, 6.07) is 7.93. The number of anilines is 1. The number of nitrogens with zero attached hydrogens (tertiary/aromatic N) is 1. The van der Waals surface area contributed by atoms with Crippen LogP contribution in [0.4, 0.5) is 5.69 Å². The van der Waals surface area contributed by atoms with Crippen LogP contribution in [0.2, 0.25) is 0 Å². The first-order chi connectivity index (χ1) is 10.1. The minimum Gasteiger partial charge on any atom is -0.378 e. The maximum Gasteiger partial charge on any atom is 0.162 e. The Morgan fingerprint density at radius 1 is 1.29 bits per heavy atom. The molecule has 0 fully saturated rings. The van der Waals surface area contributed by atoms with Crippen molar-refractivity contribution in [2.75, 3.05) is 5.32 Å². The van der Waals surface area contributed by atoms with Gasteiger partial charge in [-0.2, -0.15) is 5.10 Å². The van der Waals surface area contributed by atoms with E-state index in [1.165, 1.54) is 0 Å². The van der Waals surface area contributed by atoms with E-state index in [4.69, 9.17) is 0 Å². The van der Waals surface area contributed by atoms with Crippen LogP contribution in [-0.4, -0.2) is 16.0 Å². The summed E-state index contributed by atoms with van der Waals surface area (Å²) in [4.78, 5) is 11.8. The molecule has 2 aromatic rings. The summed E-state index contributed by atoms with van der Waals surface area (Å²) in [5.74, 6) is 0.642. The van der Waals surface area contributed by atoms with Crippen molar-refractivity contribution < 1.29 is 4.79 Å². The number of ketones is 1. The van der Waals surface area contributed by atoms with Gasteiger partial charge in [0.1, 0.15) is 0 Å². The van der Waals surface area contributed by atoms with Gasteiger partial charge in [-0.3, -0.25) is 9.89 Å². The maximum atomic E-state index is 11.8. The van der Waals surface area contributed by atoms with E-state index in [0.29, 0.717) is 12.3 Å². The van der Waals surface area contributed by atoms with Gasteiger partial charge in [-0.15, -0.1) is 0 Å². The van der Waals surface area contributed by atoms with Gasteiger partial charge in [-0.25, -0.2) is 0 Å². The lowest BCUT2D eigenvalue weighted by atomic mass is 9.98. The van der Waals surface area contributed by atoms with Crippen LogP contribution in [0.5, 0.6) is 0 Å². The molecule has 0 aliphatic heterocycles. The van der Waals surface area contributed by atoms with Crippen LogP contribution < -0.4 is 5.32 Å². The van der Waals surface area contributed by atoms with E-state index < -0.39 is 0 Å². The second-order valence-corrected chi connectivity index (χ2v) is 5.65. The number of hydrogen-bond donors (Lipinski definition) is 2. The quantitative estimate of drug-likeness (QED) is 0.749. The summed E-state index contributed by atoms with van der Waals surface area (Å²) in [6.07, 6.45) is 5.25. The first-order valence-electron chi connectivity index (χ1n) is 7.50. The van der Waals surface area contributed by atoms with Crippen LogP contribution in [0.15, 0.2) is 36.7 Å². The fourth-order valence-corrected chi connectivity index (χ4v) is 2.37. The largest absolute Gasteiger partial charge is 0.378 e. The van der Waals surface area contributed by atoms with Crippen molar-refractivity contribution in [3.05, 3.63) is 47.8 Å². The lowest BCUT2D eigenvalue weighted by molar-refractivity contribution is 0.0982. The lowest BCUT2D eigenvalue weighted by Crippen LogP contribution is -2.16. The first-order valence-corrected chi connectivity index (χ1v) is 7.50. The van der Waals surface area contributed by atoms with E-state index in [9.17, 15) is 4.79 Å². The standard InChI is InChI=1S/C17H23N3O/c1-4-5-16(21)13-6-8-15(9-7-13)20-17(12(2)3)14-10-18-19-11-14/h6-12,17,20H,4-5H2,1-3H3,(H,18,19). The summed E-state index contributed by atoms with van der Waals surface area (Å²) >= 11 is 0. The SMILES string of the molecule is CCCC(=O)c1ccc(NC(c2cn[nH]c2)C(C)C)cc1. The van der Waals surface area contributed by atoms with Crippen molar-refractivity contribution in [1.29, 1.82) is 0 Å². The van der Waals surface area contributed by atoms with Gasteiger partial charge in [0.05, 0.1) is 12.2 Å². The summed E-state index contributed by atoms with van der Waals surface area (Å²) in [5, 5.41) is 10.4. The molecule has 0 amide bonds. The average Bonchev–Trinajstić information content (AvgIpc) is 2.99. The minimum absolute atomic E-state index is 0.195. The summed E-state index contributed by atoms with van der Waals surface area (Å²) in [7, 11) is 0. The molecule has 0 saturated carbocycles. The van der Waals surface area contributed by atoms with Gasteiger partial charge in [-0.1, -0.05) is 20.8 Å². The lowest BCUT2D eigenvalue weighted by Gasteiger charge is -2.22. The summed E-state index contributed by atoms with van der Waals surface area (Å²) < 4.78 is 0. The van der Waals surface area contributed by atoms with Crippen molar-refractivity contribution in [2.24, 2.45) is 5.92 Å². The van der Waals surface area contributed by atoms with Gasteiger partial charge in [0.2, 0.25) is 0 Å². The topological polar surface area (TPSA) is 57.8 Å². The van der Waals surface area contributed by atoms with Crippen molar-refractivity contribution >= 4 is 11.5 Å². The van der Waals surface area contributed by atoms with Gasteiger partial charge in [0, 0.05) is 29.4 Å². The third-order valence-electron chi connectivity index (χ3n) is 3.55. The Morgan fingerprint density at radius 3 is 2.52 bits per heavy atom. The number of hydrogen-bond acceptors (Lipinski definition) is 3. The fourth-order valence-electron chi connectivity index (χ4n) is 2.37. The van der Waals surface area contributed by atoms with Gasteiger partial charge < -0.3 is 5.32 Å². The molecule has 2 rings (SSSR count). The van der Waals surface area contributed by atoms with E-state index in [1.54, 1.807) is 0 Å². The highest BCUT2D eigenvalue weighted by Crippen LogP contribution is 2.26. The van der Waals surface area contributed by atoms with E-state index in [2.05, 4.69) is 29.4 Å². The normalized spacial score (nSPS) is 12.4. The molecule has 4 nitrogen and oxygen atoms in total. The monoisotopic (exact) mass is 285 g/mol. The molecule has 0 aliphatic rings. The number of Topliss-reactive ketones (excluding diaryl/α,β-unsaturated/α-hetero) is 1. The zero-order valence-electron chi connectivity index (χ0n) is 12.9. The number of aromatic amines is 1. The highest BCUT2D eigenvalue weighted by Gasteiger charge is 2.16. The number of benzene rings is 1. The fraction of sp³-hybridized carbons (Fsp3) is 0.412. The van der Waals surface area contributed by atoms with Gasteiger partial charge in [0.25, 0.3) is 0 Å². The Kier molecular flexibility index (Phi) is 5.14. The number of carbonyl (C=O) groups excluding carboxylic acids is 1. The third-order valence-corrected chi connectivity index (χ3v) is 3.55. The second-order valence-electron chi connectivity index (χ2n) is 5.65. The molecule has 0 bridgehead atoms. The third kappa shape index (κ3) is 3.94. The Labute approximate surface area is 126 Å². The van der Waals surface area contributed by atoms with Crippen LogP contribution >= 0.6 is 0 Å². The average molecular weight is 285 g/mol. The molecule has 0 radical (unpaired) electrons. The molecule has 1 aromatic heterocycles. The molecule has 0 aliphatic carbocycles. The van der Waals surface area contributed by atoms with Gasteiger partial charge in [-0.05, 0) is 36.6 Å². The smallest absolute Gasteiger partial charge is 0.162 e. The Balaban J connectivity index is 2.10. The number of nitrogens with one attached hydrogen (secondary N) is 2. The molecule has 0 spiro atoms. The number of aromatic nitrogens is 2. The molecule has 1 heterocycles. The number of rotatable bonds is 7. The van der Waals surface area contributed by atoms with Gasteiger partial charge in [0.15, 0.2) is 5.78 Å². The van der Waals surface area contributed by atoms with Crippen molar-refractivity contribution in [2.45, 2.75) is 39.7 Å². The zero-order valence-corrected chi connectivity index (χ0v) is 12.9. The van der Waals surface area contributed by atoms with E-state index >= 15 is 0 Å². The molecule has 4 heteroatoms. The Bertz CT molecular complexity index is 558. The molecule has 2 N–H and O–H groups in total. The van der Waals surface area contributed by atoms with E-state index in [0.717, 1.165) is 23.2 Å². The van der Waals surface area contributed by atoms with Crippen LogP contribution in [0.3, 0.4) is 0 Å². The van der Waals surface area contributed by atoms with Crippen molar-refractivity contribution in [3.63, 3.8) is 0 Å². The van der Waals surface area contributed by atoms with Crippen LogP contribution in [-0.2, 0) is 0 Å². The molecular formula is C17H23N3O. The zero-order chi connectivity index (χ0) is 15.2. The Morgan fingerprint density at radius 2 is 2.00 bits per heavy atom. The molecular weight excluding hydrogens is 262 g/mol. The van der Waals surface area contributed by atoms with Crippen molar-refractivity contribution in [1.82, 2.24) is 10.2 Å². The van der Waals surface area contributed by atoms with Crippen LogP contribution in [0.1, 0.15) is 55.6 Å². The summed E-state index contributed by atoms with van der Waals surface area (Å²) in [5.41, 5.74) is 2.94. The van der Waals surface area contributed by atoms with Crippen LogP contribution in [0.25, 0.3) is 0 Å². The molecule has 21 heavy (non-hydrogen) atoms. The van der Waals surface area contributed by atoms with Crippen molar-refractivity contribution in [3.8, 4) is 0 Å². The van der Waals surface area contributed by atoms with Crippen LogP contribution in [0, 0.1) is 5.92 Å². The molecule has 1 unspecified atom stereocenters. The van der Waals surface area contributed by atoms with E-state index in [1.807, 2.05) is 43.6 Å². The molecule has 1 aromatic carbocycles. The summed E-state index contributed by atoms with van der Waals surface area (Å²) in [6.45, 7) is 6.36. The number of H-pyrrole nitrogens is 1. The molecule has 112 valence electrons. The Hall–Kier alpha value is -2.10. The predicted octanol–water partition coefficient (Wildman–Crippen LogP) is 4.20. The molecule has 0 saturated heterocycles. The highest BCUT2D eigenvalue weighted by molar-refractivity contribution is 5.96. The van der Waals surface area contributed by atoms with E-state index in [-0.39, 0.29) is 11.8 Å². The molecule has 1 atom stereocenters. The van der Waals surface area contributed by atoms with Gasteiger partial charge >= 0.3 is 0 Å². The second kappa shape index (κ2) is 7.07. The number of carbonyl (C=O) groups is 1. The predicted molar refractivity (Wildman–Crippen MR) is 85.5 cm³/mol. The first kappa shape index (κ1) is 15.3. The highest BCUT2D eigenvalue weighted by atomic mass is 16.1. The maximum absolute atomic E-state index is 11.8.